The van der Waals surface area contributed by atoms with E-state index in [2.05, 4.69) is 10.3 Å². The summed E-state index contributed by atoms with van der Waals surface area (Å²) in [5.41, 5.74) is 4.74. The van der Waals surface area contributed by atoms with Crippen molar-refractivity contribution in [2.75, 3.05) is 19.6 Å². The molecule has 9 heteroatoms. The van der Waals surface area contributed by atoms with Gasteiger partial charge in [-0.1, -0.05) is 59.6 Å². The van der Waals surface area contributed by atoms with Gasteiger partial charge in [-0.15, -0.1) is 0 Å². The first-order chi connectivity index (χ1) is 21.0. The zero-order chi connectivity index (χ0) is 31.4. The predicted molar refractivity (Wildman–Crippen MR) is 173 cm³/mol. The Kier molecular flexibility index (Phi) is 9.39. The van der Waals surface area contributed by atoms with Crippen molar-refractivity contribution in [1.82, 2.24) is 20.2 Å². The average Bonchev–Trinajstić information content (AvgIpc) is 3.73. The molecule has 0 spiro atoms. The maximum Gasteiger partial charge on any atom is 0.407 e. The monoisotopic (exact) mass is 614 g/mol. The van der Waals surface area contributed by atoms with Crippen molar-refractivity contribution in [2.24, 2.45) is 5.92 Å². The highest BCUT2D eigenvalue weighted by molar-refractivity contribution is 6.31. The number of H-pyrrole nitrogens is 1. The molecule has 1 aliphatic carbocycles. The van der Waals surface area contributed by atoms with Gasteiger partial charge in [-0.3, -0.25) is 9.59 Å². The molecule has 1 aromatic heterocycles. The minimum Gasteiger partial charge on any atom is -0.444 e. The highest BCUT2D eigenvalue weighted by atomic mass is 35.5. The van der Waals surface area contributed by atoms with Gasteiger partial charge in [0.05, 0.1) is 11.0 Å². The van der Waals surface area contributed by atoms with Crippen LogP contribution >= 0.6 is 11.6 Å². The summed E-state index contributed by atoms with van der Waals surface area (Å²) < 4.78 is 5.32. The van der Waals surface area contributed by atoms with Gasteiger partial charge in [0.25, 0.3) is 11.5 Å². The number of hydrogen-bond acceptors (Lipinski definition) is 5. The summed E-state index contributed by atoms with van der Waals surface area (Å²) >= 11 is 6.48. The number of fused-ring (bicyclic) bond motifs is 1. The Morgan fingerprint density at radius 1 is 1.09 bits per heavy atom. The number of benzene rings is 3. The maximum absolute atomic E-state index is 13.6. The van der Waals surface area contributed by atoms with E-state index in [9.17, 15) is 14.4 Å². The molecule has 1 saturated carbocycles. The summed E-state index contributed by atoms with van der Waals surface area (Å²) in [5.74, 6) is -0.0456. The Morgan fingerprint density at radius 2 is 1.82 bits per heavy atom. The van der Waals surface area contributed by atoms with E-state index in [0.29, 0.717) is 59.8 Å². The first-order valence-electron chi connectivity index (χ1n) is 15.1. The zero-order valence-corrected chi connectivity index (χ0v) is 26.4. The molecule has 2 N–H and O–H groups in total. The second kappa shape index (κ2) is 13.2. The minimum atomic E-state index is -0.581. The molecule has 0 aliphatic heterocycles. The van der Waals surface area contributed by atoms with Crippen molar-refractivity contribution in [3.05, 3.63) is 110 Å². The number of halogens is 1. The number of aromatic nitrogens is 2. The molecule has 8 nitrogen and oxygen atoms in total. The molecule has 0 radical (unpaired) electrons. The predicted octanol–water partition coefficient (Wildman–Crippen LogP) is 6.64. The molecule has 5 rings (SSSR count). The van der Waals surface area contributed by atoms with Crippen LogP contribution in [0.2, 0.25) is 5.02 Å². The van der Waals surface area contributed by atoms with Crippen LogP contribution in [0, 0.1) is 12.8 Å². The first kappa shape index (κ1) is 31.3. The Hall–Kier alpha value is -4.17. The van der Waals surface area contributed by atoms with Gasteiger partial charge >= 0.3 is 6.09 Å². The van der Waals surface area contributed by atoms with Gasteiger partial charge < -0.3 is 19.9 Å². The van der Waals surface area contributed by atoms with Crippen LogP contribution < -0.4 is 10.9 Å². The van der Waals surface area contributed by atoms with E-state index >= 15 is 0 Å². The van der Waals surface area contributed by atoms with Crippen LogP contribution in [0.5, 0.6) is 0 Å². The lowest BCUT2D eigenvalue weighted by Crippen LogP contribution is -2.37. The number of aryl methyl sites for hydroxylation is 1. The summed E-state index contributed by atoms with van der Waals surface area (Å²) in [6, 6.07) is 21.2. The number of carbonyl (C=O) groups is 2. The molecule has 4 aromatic rings. The summed E-state index contributed by atoms with van der Waals surface area (Å²) in [7, 11) is 0. The maximum atomic E-state index is 13.6. The Balaban J connectivity index is 1.30. The number of nitrogens with one attached hydrogen (secondary N) is 2. The number of amides is 2. The third kappa shape index (κ3) is 8.05. The summed E-state index contributed by atoms with van der Waals surface area (Å²) in [5, 5.41) is 3.33. The molecular formula is C35H39ClN4O4. The second-order valence-electron chi connectivity index (χ2n) is 12.6. The van der Waals surface area contributed by atoms with Crippen LogP contribution in [0.4, 0.5) is 4.79 Å². The molecule has 0 saturated heterocycles. The first-order valence-corrected chi connectivity index (χ1v) is 15.4. The van der Waals surface area contributed by atoms with Crippen molar-refractivity contribution in [1.29, 1.82) is 0 Å². The van der Waals surface area contributed by atoms with E-state index in [1.54, 1.807) is 6.07 Å². The fourth-order valence-corrected chi connectivity index (χ4v) is 5.68. The number of hydrogen-bond donors (Lipinski definition) is 2. The van der Waals surface area contributed by atoms with Gasteiger partial charge in [0.15, 0.2) is 0 Å². The smallest absolute Gasteiger partial charge is 0.407 e. The number of ether oxygens (including phenoxy) is 1. The van der Waals surface area contributed by atoms with Crippen molar-refractivity contribution in [2.45, 2.75) is 58.5 Å². The Bertz CT molecular complexity index is 1700. The molecule has 1 aliphatic rings. The van der Waals surface area contributed by atoms with Gasteiger partial charge in [-0.2, -0.15) is 0 Å². The van der Waals surface area contributed by atoms with Gasteiger partial charge in [-0.05, 0) is 88.3 Å². The molecule has 44 heavy (non-hydrogen) atoms. The van der Waals surface area contributed by atoms with E-state index in [1.165, 1.54) is 0 Å². The van der Waals surface area contributed by atoms with Crippen LogP contribution in [0.1, 0.15) is 72.3 Å². The quantitative estimate of drug-likeness (QED) is 0.195. The molecule has 2 unspecified atom stereocenters. The van der Waals surface area contributed by atoms with Gasteiger partial charge in [0, 0.05) is 36.1 Å². The SMILES string of the molecule is Cc1ccc(C(=O)N(CCCNC(=O)OC(C)(C)C)CC2CC2c2nc3cc(Cl)cc(Cc4ccccc4)c3[nH]c2=O)cc1. The van der Waals surface area contributed by atoms with E-state index in [0.717, 1.165) is 23.1 Å². The van der Waals surface area contributed by atoms with Crippen LogP contribution in [-0.4, -0.2) is 52.1 Å². The topological polar surface area (TPSA) is 104 Å². The standard InChI is InChI=1S/C35H39ClN4O4/c1-22-11-13-24(14-12-22)33(42)40(16-8-15-37-34(43)44-35(2,3)4)21-26-19-28(26)31-32(41)39-30-25(17-23-9-6-5-7-10-23)18-27(36)20-29(30)38-31/h5-7,9-14,18,20,26,28H,8,15-17,19,21H2,1-4H3,(H,37,43)(H,39,41). The normalized spacial score (nSPS) is 16.0. The summed E-state index contributed by atoms with van der Waals surface area (Å²) in [6.45, 7) is 8.73. The summed E-state index contributed by atoms with van der Waals surface area (Å²) in [6.07, 6.45) is 1.46. The fraction of sp³-hybridized carbons (Fsp3) is 0.371. The third-order valence-electron chi connectivity index (χ3n) is 7.70. The van der Waals surface area contributed by atoms with Crippen LogP contribution in [0.15, 0.2) is 71.5 Å². The van der Waals surface area contributed by atoms with E-state index in [-0.39, 0.29) is 23.3 Å². The van der Waals surface area contributed by atoms with Crippen LogP contribution in [-0.2, 0) is 11.2 Å². The Labute approximate surface area is 262 Å². The number of alkyl carbamates (subject to hydrolysis) is 1. The Morgan fingerprint density at radius 3 is 2.52 bits per heavy atom. The largest absolute Gasteiger partial charge is 0.444 e. The van der Waals surface area contributed by atoms with Gasteiger partial charge in [0.2, 0.25) is 0 Å². The van der Waals surface area contributed by atoms with Gasteiger partial charge in [0.1, 0.15) is 11.3 Å². The number of aromatic amines is 1. The molecular weight excluding hydrogens is 576 g/mol. The molecule has 230 valence electrons. The zero-order valence-electron chi connectivity index (χ0n) is 25.7. The van der Waals surface area contributed by atoms with E-state index in [1.807, 2.05) is 93.3 Å². The molecule has 0 bridgehead atoms. The molecule has 3 aromatic carbocycles. The van der Waals surface area contributed by atoms with Crippen LogP contribution in [0.3, 0.4) is 0 Å². The highest BCUT2D eigenvalue weighted by Crippen LogP contribution is 2.46. The lowest BCUT2D eigenvalue weighted by atomic mass is 10.0. The molecule has 1 heterocycles. The molecule has 2 atom stereocenters. The average molecular weight is 615 g/mol. The van der Waals surface area contributed by atoms with Crippen molar-refractivity contribution < 1.29 is 14.3 Å². The van der Waals surface area contributed by atoms with Crippen molar-refractivity contribution in [3.63, 3.8) is 0 Å². The molecule has 1 fully saturated rings. The van der Waals surface area contributed by atoms with E-state index < -0.39 is 11.7 Å². The number of carbonyl (C=O) groups excluding carboxylic acids is 2. The lowest BCUT2D eigenvalue weighted by Gasteiger charge is -2.24. The lowest BCUT2D eigenvalue weighted by molar-refractivity contribution is 0.0525. The van der Waals surface area contributed by atoms with E-state index in [4.69, 9.17) is 21.3 Å². The van der Waals surface area contributed by atoms with Crippen molar-refractivity contribution >= 4 is 34.6 Å². The second-order valence-corrected chi connectivity index (χ2v) is 13.0. The fourth-order valence-electron chi connectivity index (χ4n) is 5.44. The molecule has 2 amide bonds. The van der Waals surface area contributed by atoms with Crippen LogP contribution in [0.25, 0.3) is 11.0 Å². The number of rotatable bonds is 10. The third-order valence-corrected chi connectivity index (χ3v) is 7.92. The highest BCUT2D eigenvalue weighted by Gasteiger charge is 2.43. The van der Waals surface area contributed by atoms with Gasteiger partial charge in [-0.25, -0.2) is 9.78 Å². The summed E-state index contributed by atoms with van der Waals surface area (Å²) in [4.78, 5) is 48.6. The number of nitrogens with zero attached hydrogens (tertiary/aromatic N) is 2. The van der Waals surface area contributed by atoms with Crippen molar-refractivity contribution in [3.8, 4) is 0 Å². The minimum absolute atomic E-state index is 0.0621.